The normalized spacial score (nSPS) is 11.8. The second kappa shape index (κ2) is 9.13. The number of Topliss-reactive ketones (excluding diaryl/α,β-unsaturated/α-hetero) is 2. The van der Waals surface area contributed by atoms with E-state index in [1.165, 1.54) is 19.1 Å². The highest BCUT2D eigenvalue weighted by molar-refractivity contribution is 5.96. The van der Waals surface area contributed by atoms with Gasteiger partial charge in [0, 0.05) is 37.5 Å². The molecule has 0 fully saturated rings. The van der Waals surface area contributed by atoms with Gasteiger partial charge in [0.1, 0.15) is 11.5 Å². The summed E-state index contributed by atoms with van der Waals surface area (Å²) in [5.74, 6) is -0.420. The predicted octanol–water partition coefficient (Wildman–Crippen LogP) is 4.81. The summed E-state index contributed by atoms with van der Waals surface area (Å²) < 4.78 is 13.3. The fourth-order valence-corrected chi connectivity index (χ4v) is 3.11. The summed E-state index contributed by atoms with van der Waals surface area (Å²) in [5, 5.41) is 0. The second-order valence-corrected chi connectivity index (χ2v) is 6.76. The van der Waals surface area contributed by atoms with E-state index < -0.39 is 0 Å². The molecule has 0 radical (unpaired) electrons. The van der Waals surface area contributed by atoms with Crippen LogP contribution in [0.2, 0.25) is 0 Å². The van der Waals surface area contributed by atoms with Crippen molar-refractivity contribution in [3.05, 3.63) is 95.3 Å². The average Bonchev–Trinajstić information content (AvgIpc) is 2.72. The molecule has 0 aliphatic heterocycles. The van der Waals surface area contributed by atoms with E-state index in [1.807, 2.05) is 6.07 Å². The van der Waals surface area contributed by atoms with Crippen LogP contribution in [0, 0.1) is 5.82 Å². The third-order valence-electron chi connectivity index (χ3n) is 4.72. The van der Waals surface area contributed by atoms with Crippen LogP contribution in [-0.4, -0.2) is 21.5 Å². The standard InChI is InChI=1S/C23H21FN2O2/c1-16(27)22-11-5-17(14-26-22)4-6-19(18-7-9-21(24)10-8-18)13-23(28)20-3-2-12-25-15-20/h2-3,5,7-12,14-15,19H,4,6,13H2,1H3. The van der Waals surface area contributed by atoms with Crippen molar-refractivity contribution in [3.63, 3.8) is 0 Å². The summed E-state index contributed by atoms with van der Waals surface area (Å²) in [4.78, 5) is 32.2. The Morgan fingerprint density at radius 3 is 2.43 bits per heavy atom. The van der Waals surface area contributed by atoms with Crippen LogP contribution in [0.25, 0.3) is 0 Å². The van der Waals surface area contributed by atoms with Crippen LogP contribution < -0.4 is 0 Å². The number of carbonyl (C=O) groups excluding carboxylic acids is 2. The lowest BCUT2D eigenvalue weighted by atomic mass is 9.87. The molecule has 2 heterocycles. The zero-order chi connectivity index (χ0) is 19.9. The minimum Gasteiger partial charge on any atom is -0.294 e. The Bertz CT molecular complexity index is 939. The topological polar surface area (TPSA) is 59.9 Å². The molecule has 0 saturated heterocycles. The summed E-state index contributed by atoms with van der Waals surface area (Å²) in [7, 11) is 0. The third-order valence-corrected chi connectivity index (χ3v) is 4.72. The molecule has 0 amide bonds. The van der Waals surface area contributed by atoms with Crippen LogP contribution in [0.1, 0.15) is 57.7 Å². The van der Waals surface area contributed by atoms with E-state index in [1.54, 1.807) is 48.9 Å². The van der Waals surface area contributed by atoms with Crippen LogP contribution in [0.5, 0.6) is 0 Å². The van der Waals surface area contributed by atoms with Crippen molar-refractivity contribution in [1.29, 1.82) is 0 Å². The van der Waals surface area contributed by atoms with E-state index in [0.29, 0.717) is 30.5 Å². The van der Waals surface area contributed by atoms with Crippen LogP contribution in [0.15, 0.2) is 67.1 Å². The van der Waals surface area contributed by atoms with Gasteiger partial charge in [-0.3, -0.25) is 19.6 Å². The van der Waals surface area contributed by atoms with Gasteiger partial charge in [-0.1, -0.05) is 18.2 Å². The number of ketones is 2. The van der Waals surface area contributed by atoms with Crippen LogP contribution in [-0.2, 0) is 6.42 Å². The maximum absolute atomic E-state index is 13.3. The summed E-state index contributed by atoms with van der Waals surface area (Å²) >= 11 is 0. The monoisotopic (exact) mass is 376 g/mol. The fraction of sp³-hybridized carbons (Fsp3) is 0.217. The lowest BCUT2D eigenvalue weighted by Gasteiger charge is -2.17. The molecule has 3 rings (SSSR count). The molecule has 2 aromatic heterocycles. The van der Waals surface area contributed by atoms with Gasteiger partial charge in [-0.15, -0.1) is 0 Å². The van der Waals surface area contributed by atoms with Gasteiger partial charge < -0.3 is 0 Å². The number of benzene rings is 1. The van der Waals surface area contributed by atoms with Crippen molar-refractivity contribution in [2.75, 3.05) is 0 Å². The molecule has 28 heavy (non-hydrogen) atoms. The lowest BCUT2D eigenvalue weighted by molar-refractivity contribution is 0.0970. The first-order valence-electron chi connectivity index (χ1n) is 9.17. The highest BCUT2D eigenvalue weighted by Crippen LogP contribution is 2.27. The zero-order valence-electron chi connectivity index (χ0n) is 15.6. The molecule has 1 unspecified atom stereocenters. The van der Waals surface area contributed by atoms with E-state index in [-0.39, 0.29) is 23.3 Å². The molecule has 1 aromatic carbocycles. The quantitative estimate of drug-likeness (QED) is 0.530. The van der Waals surface area contributed by atoms with Crippen molar-refractivity contribution < 1.29 is 14.0 Å². The van der Waals surface area contributed by atoms with E-state index >= 15 is 0 Å². The first-order chi connectivity index (χ1) is 13.5. The molecule has 1 atom stereocenters. The van der Waals surface area contributed by atoms with Crippen molar-refractivity contribution in [1.82, 2.24) is 9.97 Å². The first-order valence-corrected chi connectivity index (χ1v) is 9.17. The fourth-order valence-electron chi connectivity index (χ4n) is 3.11. The molecule has 0 saturated carbocycles. The van der Waals surface area contributed by atoms with Gasteiger partial charge in [-0.2, -0.15) is 0 Å². The van der Waals surface area contributed by atoms with E-state index in [4.69, 9.17) is 0 Å². The smallest absolute Gasteiger partial charge is 0.178 e. The summed E-state index contributed by atoms with van der Waals surface area (Å²) in [5.41, 5.74) is 2.92. The molecule has 0 N–H and O–H groups in total. The number of hydrogen-bond acceptors (Lipinski definition) is 4. The minimum absolute atomic E-state index is 0.00692. The molecular formula is C23H21FN2O2. The Kier molecular flexibility index (Phi) is 6.37. The van der Waals surface area contributed by atoms with Crippen LogP contribution in [0.3, 0.4) is 0 Å². The van der Waals surface area contributed by atoms with E-state index in [9.17, 15) is 14.0 Å². The van der Waals surface area contributed by atoms with Crippen molar-refractivity contribution in [2.24, 2.45) is 0 Å². The summed E-state index contributed by atoms with van der Waals surface area (Å²) in [6.07, 6.45) is 6.62. The number of carbonyl (C=O) groups is 2. The Hall–Kier alpha value is -3.21. The Labute approximate surface area is 163 Å². The number of aryl methyl sites for hydroxylation is 1. The minimum atomic E-state index is -0.301. The molecule has 0 aliphatic rings. The number of rotatable bonds is 8. The Balaban J connectivity index is 1.75. The van der Waals surface area contributed by atoms with Gasteiger partial charge in [-0.05, 0) is 60.2 Å². The highest BCUT2D eigenvalue weighted by atomic mass is 19.1. The van der Waals surface area contributed by atoms with Gasteiger partial charge in [0.25, 0.3) is 0 Å². The zero-order valence-corrected chi connectivity index (χ0v) is 15.6. The molecule has 0 spiro atoms. The maximum Gasteiger partial charge on any atom is 0.178 e. The molecule has 0 bridgehead atoms. The van der Waals surface area contributed by atoms with Crippen molar-refractivity contribution in [3.8, 4) is 0 Å². The predicted molar refractivity (Wildman–Crippen MR) is 105 cm³/mol. The van der Waals surface area contributed by atoms with Crippen LogP contribution >= 0.6 is 0 Å². The first kappa shape index (κ1) is 19.5. The second-order valence-electron chi connectivity index (χ2n) is 6.76. The van der Waals surface area contributed by atoms with Gasteiger partial charge >= 0.3 is 0 Å². The molecule has 142 valence electrons. The summed E-state index contributed by atoms with van der Waals surface area (Å²) in [6.45, 7) is 1.48. The number of halogens is 1. The number of hydrogen-bond donors (Lipinski definition) is 0. The number of aromatic nitrogens is 2. The van der Waals surface area contributed by atoms with E-state index in [0.717, 1.165) is 11.1 Å². The Morgan fingerprint density at radius 1 is 1.04 bits per heavy atom. The molecule has 3 aromatic rings. The SMILES string of the molecule is CC(=O)c1ccc(CCC(CC(=O)c2cccnc2)c2ccc(F)cc2)cn1. The molecular weight excluding hydrogens is 355 g/mol. The van der Waals surface area contributed by atoms with Gasteiger partial charge in [0.05, 0.1) is 0 Å². The average molecular weight is 376 g/mol. The van der Waals surface area contributed by atoms with Crippen molar-refractivity contribution in [2.45, 2.75) is 32.1 Å². The van der Waals surface area contributed by atoms with Gasteiger partial charge in [0.15, 0.2) is 11.6 Å². The van der Waals surface area contributed by atoms with Crippen LogP contribution in [0.4, 0.5) is 4.39 Å². The largest absolute Gasteiger partial charge is 0.294 e. The Morgan fingerprint density at radius 2 is 1.82 bits per heavy atom. The third kappa shape index (κ3) is 5.16. The number of nitrogens with zero attached hydrogens (tertiary/aromatic N) is 2. The molecule has 5 heteroatoms. The molecule has 0 aliphatic carbocycles. The highest BCUT2D eigenvalue weighted by Gasteiger charge is 2.18. The van der Waals surface area contributed by atoms with E-state index in [2.05, 4.69) is 9.97 Å². The van der Waals surface area contributed by atoms with Crippen molar-refractivity contribution >= 4 is 11.6 Å². The van der Waals surface area contributed by atoms with Gasteiger partial charge in [-0.25, -0.2) is 4.39 Å². The molecule has 4 nitrogen and oxygen atoms in total. The lowest BCUT2D eigenvalue weighted by Crippen LogP contribution is -2.09. The summed E-state index contributed by atoms with van der Waals surface area (Å²) in [6, 6.07) is 13.4. The number of pyridine rings is 2. The van der Waals surface area contributed by atoms with Gasteiger partial charge in [0.2, 0.25) is 0 Å². The maximum atomic E-state index is 13.3.